The maximum absolute atomic E-state index is 13.3. The van der Waals surface area contributed by atoms with Crippen molar-refractivity contribution in [2.24, 2.45) is 0 Å². The molecule has 0 bridgehead atoms. The van der Waals surface area contributed by atoms with Crippen LogP contribution in [0.15, 0.2) is 58.1 Å². The monoisotopic (exact) mass is 327 g/mol. The minimum atomic E-state index is -0.899. The van der Waals surface area contributed by atoms with Crippen LogP contribution in [0.4, 0.5) is 4.39 Å². The molecule has 122 valence electrons. The molecule has 0 aliphatic heterocycles. The van der Waals surface area contributed by atoms with Gasteiger partial charge >= 0.3 is 11.1 Å². The van der Waals surface area contributed by atoms with E-state index in [0.717, 1.165) is 16.2 Å². The highest BCUT2D eigenvalue weighted by Crippen LogP contribution is 2.10. The molecule has 0 unspecified atom stereocenters. The molecule has 2 aromatic carbocycles. The molecule has 0 aliphatic rings. The van der Waals surface area contributed by atoms with Crippen molar-refractivity contribution in [2.45, 2.75) is 13.1 Å². The van der Waals surface area contributed by atoms with E-state index in [4.69, 9.17) is 0 Å². The van der Waals surface area contributed by atoms with Crippen molar-refractivity contribution >= 4 is 16.9 Å². The fourth-order valence-electron chi connectivity index (χ4n) is 2.40. The lowest BCUT2D eigenvalue weighted by Gasteiger charge is -2.10. The van der Waals surface area contributed by atoms with Crippen LogP contribution in [-0.2, 0) is 17.9 Å². The zero-order chi connectivity index (χ0) is 17.1. The lowest BCUT2D eigenvalue weighted by Crippen LogP contribution is -2.40. The summed E-state index contributed by atoms with van der Waals surface area (Å²) in [5, 5.41) is 2.69. The van der Waals surface area contributed by atoms with Crippen molar-refractivity contribution in [3.63, 3.8) is 0 Å². The number of hydrogen-bond acceptors (Lipinski definition) is 3. The maximum Gasteiger partial charge on any atom is 0.317 e. The second-order valence-corrected chi connectivity index (χ2v) is 5.27. The predicted octanol–water partition coefficient (Wildman–Crippen LogP) is 1.15. The third kappa shape index (κ3) is 3.24. The molecule has 6 nitrogen and oxygen atoms in total. The lowest BCUT2D eigenvalue weighted by atomic mass is 10.2. The fraction of sp³-hybridized carbons (Fsp3) is 0.118. The summed E-state index contributed by atoms with van der Waals surface area (Å²) >= 11 is 0. The average molecular weight is 327 g/mol. The molecule has 0 aliphatic carbocycles. The highest BCUT2D eigenvalue weighted by atomic mass is 19.1. The number of nitrogens with one attached hydrogen (secondary N) is 2. The smallest absolute Gasteiger partial charge is 0.317 e. The van der Waals surface area contributed by atoms with Gasteiger partial charge in [0.25, 0.3) is 0 Å². The van der Waals surface area contributed by atoms with Crippen LogP contribution >= 0.6 is 0 Å². The number of halogens is 1. The summed E-state index contributed by atoms with van der Waals surface area (Å²) in [5.41, 5.74) is -0.393. The molecule has 1 aromatic heterocycles. The van der Waals surface area contributed by atoms with Crippen LogP contribution in [0.1, 0.15) is 5.56 Å². The van der Waals surface area contributed by atoms with Gasteiger partial charge < -0.3 is 10.3 Å². The first-order valence-electron chi connectivity index (χ1n) is 7.27. The number of amides is 1. The molecule has 3 aromatic rings. The number of H-pyrrole nitrogens is 1. The highest BCUT2D eigenvalue weighted by molar-refractivity contribution is 5.80. The van der Waals surface area contributed by atoms with E-state index in [-0.39, 0.29) is 17.6 Å². The lowest BCUT2D eigenvalue weighted by molar-refractivity contribution is -0.121. The summed E-state index contributed by atoms with van der Waals surface area (Å²) in [7, 11) is 0. The zero-order valence-electron chi connectivity index (χ0n) is 12.6. The van der Waals surface area contributed by atoms with E-state index in [1.54, 1.807) is 0 Å². The summed E-state index contributed by atoms with van der Waals surface area (Å²) in [5.74, 6) is -0.964. The highest BCUT2D eigenvalue weighted by Gasteiger charge is 2.11. The fourth-order valence-corrected chi connectivity index (χ4v) is 2.40. The zero-order valence-corrected chi connectivity index (χ0v) is 12.6. The number of aromatic nitrogens is 2. The molecule has 0 radical (unpaired) electrons. The molecule has 0 atom stereocenters. The molecule has 0 saturated carbocycles. The normalized spacial score (nSPS) is 10.7. The molecule has 0 fully saturated rings. The van der Waals surface area contributed by atoms with Gasteiger partial charge in [0, 0.05) is 6.54 Å². The van der Waals surface area contributed by atoms with Crippen LogP contribution in [0.5, 0.6) is 0 Å². The summed E-state index contributed by atoms with van der Waals surface area (Å²) < 4.78 is 14.3. The number of carbonyl (C=O) groups is 1. The van der Waals surface area contributed by atoms with Gasteiger partial charge in [0.1, 0.15) is 12.4 Å². The molecule has 7 heteroatoms. The van der Waals surface area contributed by atoms with Gasteiger partial charge in [-0.3, -0.25) is 19.0 Å². The Morgan fingerprint density at radius 1 is 1.12 bits per heavy atom. The first-order valence-corrected chi connectivity index (χ1v) is 7.27. The van der Waals surface area contributed by atoms with Crippen molar-refractivity contribution in [1.82, 2.24) is 14.9 Å². The molecular formula is C17H14FN3O3. The molecule has 0 saturated heterocycles. The molecule has 0 spiro atoms. The summed E-state index contributed by atoms with van der Waals surface area (Å²) in [6, 6.07) is 12.9. The van der Waals surface area contributed by atoms with Gasteiger partial charge in [-0.1, -0.05) is 30.3 Å². The number of hydrogen-bond donors (Lipinski definition) is 2. The SMILES string of the molecule is O=C(Cn1c(=O)c(=O)[nH]c2cc(F)ccc21)NCc1ccccc1. The van der Waals surface area contributed by atoms with Crippen LogP contribution in [0.2, 0.25) is 0 Å². The van der Waals surface area contributed by atoms with E-state index >= 15 is 0 Å². The molecule has 3 rings (SSSR count). The van der Waals surface area contributed by atoms with E-state index in [1.807, 2.05) is 30.3 Å². The first kappa shape index (κ1) is 15.7. The number of benzene rings is 2. The van der Waals surface area contributed by atoms with Crippen LogP contribution in [-0.4, -0.2) is 15.5 Å². The number of nitrogens with zero attached hydrogens (tertiary/aromatic N) is 1. The van der Waals surface area contributed by atoms with E-state index < -0.39 is 22.8 Å². The standard InChI is InChI=1S/C17H14FN3O3/c18-12-6-7-14-13(8-12)20-16(23)17(24)21(14)10-15(22)19-9-11-4-2-1-3-5-11/h1-8H,9-10H2,(H,19,22)(H,20,23). The Morgan fingerprint density at radius 2 is 1.88 bits per heavy atom. The van der Waals surface area contributed by atoms with Crippen LogP contribution in [0.25, 0.3) is 11.0 Å². The quantitative estimate of drug-likeness (QED) is 0.705. The van der Waals surface area contributed by atoms with Crippen LogP contribution < -0.4 is 16.4 Å². The number of carbonyl (C=O) groups excluding carboxylic acids is 1. The van der Waals surface area contributed by atoms with Crippen molar-refractivity contribution in [3.05, 3.63) is 80.6 Å². The van der Waals surface area contributed by atoms with Crippen LogP contribution in [0, 0.1) is 5.82 Å². The van der Waals surface area contributed by atoms with E-state index in [1.165, 1.54) is 12.1 Å². The van der Waals surface area contributed by atoms with Gasteiger partial charge in [-0.15, -0.1) is 0 Å². The molecule has 1 amide bonds. The minimum Gasteiger partial charge on any atom is -0.350 e. The van der Waals surface area contributed by atoms with Gasteiger partial charge in [0.15, 0.2) is 0 Å². The summed E-state index contributed by atoms with van der Waals surface area (Å²) in [4.78, 5) is 38.1. The topological polar surface area (TPSA) is 84.0 Å². The van der Waals surface area contributed by atoms with Gasteiger partial charge in [-0.05, 0) is 23.8 Å². The number of aromatic amines is 1. The Kier molecular flexibility index (Phi) is 4.24. The molecule has 2 N–H and O–H groups in total. The second kappa shape index (κ2) is 6.49. The van der Waals surface area contributed by atoms with E-state index in [0.29, 0.717) is 6.54 Å². The minimum absolute atomic E-state index is 0.162. The Hall–Kier alpha value is -3.22. The van der Waals surface area contributed by atoms with Crippen molar-refractivity contribution in [3.8, 4) is 0 Å². The summed E-state index contributed by atoms with van der Waals surface area (Å²) in [6.45, 7) is -0.0120. The third-order valence-electron chi connectivity index (χ3n) is 3.57. The van der Waals surface area contributed by atoms with Crippen molar-refractivity contribution < 1.29 is 9.18 Å². The first-order chi connectivity index (χ1) is 11.5. The molecule has 24 heavy (non-hydrogen) atoms. The van der Waals surface area contributed by atoms with Crippen molar-refractivity contribution in [1.29, 1.82) is 0 Å². The summed E-state index contributed by atoms with van der Waals surface area (Å²) in [6.07, 6.45) is 0. The van der Waals surface area contributed by atoms with Crippen molar-refractivity contribution in [2.75, 3.05) is 0 Å². The van der Waals surface area contributed by atoms with Gasteiger partial charge in [-0.2, -0.15) is 0 Å². The Balaban J connectivity index is 1.86. The third-order valence-corrected chi connectivity index (χ3v) is 3.57. The van der Waals surface area contributed by atoms with E-state index in [9.17, 15) is 18.8 Å². The molecular weight excluding hydrogens is 313 g/mol. The van der Waals surface area contributed by atoms with Gasteiger partial charge in [0.2, 0.25) is 5.91 Å². The van der Waals surface area contributed by atoms with E-state index in [2.05, 4.69) is 10.3 Å². The maximum atomic E-state index is 13.3. The Labute approximate surface area is 135 Å². The number of fused-ring (bicyclic) bond motifs is 1. The Morgan fingerprint density at radius 3 is 2.62 bits per heavy atom. The predicted molar refractivity (Wildman–Crippen MR) is 87.1 cm³/mol. The second-order valence-electron chi connectivity index (χ2n) is 5.27. The van der Waals surface area contributed by atoms with Gasteiger partial charge in [-0.25, -0.2) is 4.39 Å². The van der Waals surface area contributed by atoms with Crippen LogP contribution in [0.3, 0.4) is 0 Å². The number of rotatable bonds is 4. The molecule has 1 heterocycles. The van der Waals surface area contributed by atoms with Gasteiger partial charge in [0.05, 0.1) is 11.0 Å². The largest absolute Gasteiger partial charge is 0.350 e. The Bertz CT molecular complexity index is 1010. The average Bonchev–Trinajstić information content (AvgIpc) is 2.58.